The van der Waals surface area contributed by atoms with E-state index in [0.717, 1.165) is 50.0 Å². The fourth-order valence-corrected chi connectivity index (χ4v) is 5.86. The van der Waals surface area contributed by atoms with Crippen molar-refractivity contribution in [3.05, 3.63) is 77.0 Å². The number of piperidine rings is 2. The molecule has 0 spiro atoms. The lowest BCUT2D eigenvalue weighted by Crippen LogP contribution is -2.59. The van der Waals surface area contributed by atoms with Crippen molar-refractivity contribution in [1.82, 2.24) is 15.3 Å². The van der Waals surface area contributed by atoms with E-state index in [2.05, 4.69) is 57.7 Å². The number of carbonyl (C=O) groups excluding carboxylic acids is 1. The van der Waals surface area contributed by atoms with E-state index >= 15 is 0 Å². The lowest BCUT2D eigenvalue weighted by molar-refractivity contribution is -0.0185. The SMILES string of the molecule is O=C=C1CC[C@H]2CN3CCc4ccccc4[C@H]3C[C@H]2N1N[C@@H](CCl)c1ccccc1. The molecule has 156 valence electrons. The molecule has 0 saturated carbocycles. The van der Waals surface area contributed by atoms with Gasteiger partial charge in [-0.25, -0.2) is 10.2 Å². The van der Waals surface area contributed by atoms with Crippen molar-refractivity contribution < 1.29 is 4.79 Å². The standard InChI is InChI=1S/C25H28ClN3O/c26-15-23(19-7-2-1-3-8-19)27-29-21(17-30)11-10-20-16-28-13-12-18-6-4-5-9-22(18)25(28)14-24(20)29/h1-9,20,23-25,27H,10-16H2/t20-,23-,24+,25+/m0/s1. The third kappa shape index (κ3) is 3.59. The number of benzene rings is 2. The van der Waals surface area contributed by atoms with Crippen LogP contribution in [0.4, 0.5) is 0 Å². The van der Waals surface area contributed by atoms with E-state index in [-0.39, 0.29) is 12.1 Å². The highest BCUT2D eigenvalue weighted by Crippen LogP contribution is 2.44. The third-order valence-corrected chi connectivity index (χ3v) is 7.45. The summed E-state index contributed by atoms with van der Waals surface area (Å²) in [5.41, 5.74) is 8.43. The molecule has 1 N–H and O–H groups in total. The molecular weight excluding hydrogens is 394 g/mol. The van der Waals surface area contributed by atoms with Crippen molar-refractivity contribution in [1.29, 1.82) is 0 Å². The van der Waals surface area contributed by atoms with E-state index in [0.29, 0.717) is 17.8 Å². The number of rotatable bonds is 4. The van der Waals surface area contributed by atoms with Gasteiger partial charge in [-0.05, 0) is 48.3 Å². The monoisotopic (exact) mass is 421 g/mol. The topological polar surface area (TPSA) is 35.6 Å². The van der Waals surface area contributed by atoms with Crippen LogP contribution >= 0.6 is 11.6 Å². The predicted molar refractivity (Wildman–Crippen MR) is 120 cm³/mol. The summed E-state index contributed by atoms with van der Waals surface area (Å²) in [6.45, 7) is 2.22. The van der Waals surface area contributed by atoms with Gasteiger partial charge in [-0.15, -0.1) is 11.6 Å². The Hall–Kier alpha value is -2.10. The highest BCUT2D eigenvalue weighted by atomic mass is 35.5. The van der Waals surface area contributed by atoms with Gasteiger partial charge in [-0.1, -0.05) is 54.6 Å². The molecule has 30 heavy (non-hydrogen) atoms. The molecule has 0 aromatic heterocycles. The average Bonchev–Trinajstić information content (AvgIpc) is 2.81. The van der Waals surface area contributed by atoms with Gasteiger partial charge in [0, 0.05) is 25.0 Å². The predicted octanol–water partition coefficient (Wildman–Crippen LogP) is 4.27. The molecule has 3 aliphatic heterocycles. The molecule has 0 radical (unpaired) electrons. The van der Waals surface area contributed by atoms with E-state index in [9.17, 15) is 4.79 Å². The van der Waals surface area contributed by atoms with Crippen LogP contribution in [0.3, 0.4) is 0 Å². The van der Waals surface area contributed by atoms with Crippen LogP contribution < -0.4 is 5.43 Å². The van der Waals surface area contributed by atoms with Gasteiger partial charge in [-0.2, -0.15) is 0 Å². The van der Waals surface area contributed by atoms with E-state index in [4.69, 9.17) is 11.6 Å². The van der Waals surface area contributed by atoms with Crippen LogP contribution in [0.15, 0.2) is 60.3 Å². The van der Waals surface area contributed by atoms with Crippen molar-refractivity contribution >= 4 is 17.5 Å². The summed E-state index contributed by atoms with van der Waals surface area (Å²) >= 11 is 6.36. The second-order valence-electron chi connectivity index (χ2n) is 8.73. The van der Waals surface area contributed by atoms with Crippen LogP contribution in [-0.2, 0) is 11.2 Å². The summed E-state index contributed by atoms with van der Waals surface area (Å²) in [5.74, 6) is 3.22. The van der Waals surface area contributed by atoms with Crippen LogP contribution in [0.1, 0.15) is 48.0 Å². The van der Waals surface area contributed by atoms with Gasteiger partial charge in [0.1, 0.15) is 11.6 Å². The van der Waals surface area contributed by atoms with Crippen LogP contribution in [0.5, 0.6) is 0 Å². The molecule has 2 fully saturated rings. The fourth-order valence-electron chi connectivity index (χ4n) is 5.61. The Bertz CT molecular complexity index is 942. The van der Waals surface area contributed by atoms with Crippen molar-refractivity contribution in [3.8, 4) is 0 Å². The molecule has 0 aliphatic carbocycles. The maximum Gasteiger partial charge on any atom is 0.147 e. The Morgan fingerprint density at radius 1 is 1.10 bits per heavy atom. The zero-order chi connectivity index (χ0) is 20.5. The zero-order valence-corrected chi connectivity index (χ0v) is 17.9. The highest BCUT2D eigenvalue weighted by molar-refractivity contribution is 6.18. The van der Waals surface area contributed by atoms with Crippen LogP contribution in [0.2, 0.25) is 0 Å². The first kappa shape index (κ1) is 19.8. The molecule has 4 atom stereocenters. The largest absolute Gasteiger partial charge is 0.298 e. The molecule has 0 unspecified atom stereocenters. The number of halogens is 1. The Balaban J connectivity index is 1.44. The maximum absolute atomic E-state index is 11.8. The van der Waals surface area contributed by atoms with Crippen molar-refractivity contribution in [2.75, 3.05) is 19.0 Å². The number of hydrogen-bond donors (Lipinski definition) is 1. The Labute approximate surface area is 183 Å². The molecule has 5 heteroatoms. The fraction of sp³-hybridized carbons (Fsp3) is 0.440. The summed E-state index contributed by atoms with van der Waals surface area (Å²) in [7, 11) is 0. The smallest absolute Gasteiger partial charge is 0.147 e. The lowest BCUT2D eigenvalue weighted by atomic mass is 9.76. The first-order chi connectivity index (χ1) is 14.8. The number of hydrogen-bond acceptors (Lipinski definition) is 4. The number of allylic oxidation sites excluding steroid dienone is 1. The first-order valence-corrected chi connectivity index (χ1v) is 11.5. The Kier molecular flexibility index (Phi) is 5.66. The molecule has 2 saturated heterocycles. The first-order valence-electron chi connectivity index (χ1n) is 11.0. The van der Waals surface area contributed by atoms with Gasteiger partial charge in [0.15, 0.2) is 0 Å². The minimum atomic E-state index is -0.0355. The van der Waals surface area contributed by atoms with Gasteiger partial charge in [0.25, 0.3) is 0 Å². The normalized spacial score (nSPS) is 26.9. The van der Waals surface area contributed by atoms with Crippen LogP contribution in [0.25, 0.3) is 0 Å². The summed E-state index contributed by atoms with van der Waals surface area (Å²) < 4.78 is 0. The summed E-state index contributed by atoms with van der Waals surface area (Å²) in [6, 6.07) is 19.8. The van der Waals surface area contributed by atoms with Gasteiger partial charge >= 0.3 is 0 Å². The molecule has 2 aromatic carbocycles. The highest BCUT2D eigenvalue weighted by Gasteiger charge is 2.44. The van der Waals surface area contributed by atoms with Crippen LogP contribution in [0, 0.1) is 5.92 Å². The number of alkyl halides is 1. The van der Waals surface area contributed by atoms with Crippen molar-refractivity contribution in [2.45, 2.75) is 43.8 Å². The quantitative estimate of drug-likeness (QED) is 0.590. The number of nitrogens with zero attached hydrogens (tertiary/aromatic N) is 2. The molecular formula is C25H28ClN3O. The zero-order valence-electron chi connectivity index (χ0n) is 17.1. The van der Waals surface area contributed by atoms with Crippen molar-refractivity contribution in [2.24, 2.45) is 5.92 Å². The van der Waals surface area contributed by atoms with Gasteiger partial charge in [0.2, 0.25) is 0 Å². The number of fused-ring (bicyclic) bond motifs is 4. The molecule has 2 aromatic rings. The Morgan fingerprint density at radius 2 is 1.90 bits per heavy atom. The average molecular weight is 422 g/mol. The van der Waals surface area contributed by atoms with Gasteiger partial charge < -0.3 is 0 Å². The van der Waals surface area contributed by atoms with Crippen molar-refractivity contribution in [3.63, 3.8) is 0 Å². The van der Waals surface area contributed by atoms with Crippen LogP contribution in [-0.4, -0.2) is 40.9 Å². The molecule has 3 aliphatic rings. The Morgan fingerprint density at radius 3 is 2.70 bits per heavy atom. The lowest BCUT2D eigenvalue weighted by Gasteiger charge is -2.53. The second kappa shape index (κ2) is 8.56. The van der Waals surface area contributed by atoms with E-state index < -0.39 is 0 Å². The summed E-state index contributed by atoms with van der Waals surface area (Å²) in [4.78, 5) is 14.5. The van der Waals surface area contributed by atoms with Gasteiger partial charge in [0.05, 0.1) is 12.1 Å². The van der Waals surface area contributed by atoms with Gasteiger partial charge in [-0.3, -0.25) is 9.91 Å². The minimum absolute atomic E-state index is 0.0355. The number of hydrazine groups is 1. The van der Waals surface area contributed by atoms with E-state index in [1.807, 2.05) is 18.2 Å². The van der Waals surface area contributed by atoms with E-state index in [1.165, 1.54) is 11.1 Å². The second-order valence-corrected chi connectivity index (χ2v) is 9.04. The number of nitrogens with one attached hydrogen (secondary N) is 1. The molecule has 5 rings (SSSR count). The molecule has 0 amide bonds. The molecule has 4 nitrogen and oxygen atoms in total. The minimum Gasteiger partial charge on any atom is -0.298 e. The maximum atomic E-state index is 11.8. The summed E-state index contributed by atoms with van der Waals surface area (Å²) in [6.07, 6.45) is 3.98. The summed E-state index contributed by atoms with van der Waals surface area (Å²) in [5, 5.41) is 2.13. The third-order valence-electron chi connectivity index (χ3n) is 7.14. The molecule has 0 bridgehead atoms. The molecule has 3 heterocycles. The van der Waals surface area contributed by atoms with E-state index in [1.54, 1.807) is 0 Å².